The zero-order chi connectivity index (χ0) is 12.7. The molecule has 0 radical (unpaired) electrons. The van der Waals surface area contributed by atoms with E-state index in [1.165, 1.54) is 25.1 Å². The molecular formula is C14H24N4. The van der Waals surface area contributed by atoms with E-state index >= 15 is 0 Å². The van der Waals surface area contributed by atoms with Crippen molar-refractivity contribution in [3.8, 4) is 0 Å². The number of hydrogen-bond acceptors (Lipinski definition) is 3. The summed E-state index contributed by atoms with van der Waals surface area (Å²) in [5, 5.41) is 8.14. The van der Waals surface area contributed by atoms with Crippen LogP contribution in [0, 0.1) is 12.8 Å². The quantitative estimate of drug-likeness (QED) is 0.875. The Bertz CT molecular complexity index is 421. The van der Waals surface area contributed by atoms with E-state index in [1.807, 2.05) is 11.7 Å². The van der Waals surface area contributed by atoms with Crippen LogP contribution >= 0.6 is 0 Å². The molecule has 1 aromatic heterocycles. The average Bonchev–Trinajstić information content (AvgIpc) is 3.10. The highest BCUT2D eigenvalue weighted by atomic mass is 15.3. The molecule has 2 heterocycles. The molecule has 1 aliphatic carbocycles. The van der Waals surface area contributed by atoms with Crippen LogP contribution in [0.5, 0.6) is 0 Å². The predicted molar refractivity (Wildman–Crippen MR) is 72.3 cm³/mol. The molecule has 1 aliphatic heterocycles. The van der Waals surface area contributed by atoms with E-state index in [9.17, 15) is 0 Å². The first-order valence-electron chi connectivity index (χ1n) is 7.10. The van der Waals surface area contributed by atoms with E-state index in [1.54, 1.807) is 0 Å². The first-order valence-corrected chi connectivity index (χ1v) is 7.10. The van der Waals surface area contributed by atoms with Crippen molar-refractivity contribution < 1.29 is 0 Å². The average molecular weight is 248 g/mol. The molecule has 2 atom stereocenters. The van der Waals surface area contributed by atoms with Crippen LogP contribution in [0.3, 0.4) is 0 Å². The van der Waals surface area contributed by atoms with E-state index in [4.69, 9.17) is 0 Å². The molecule has 0 amide bonds. The molecule has 3 rings (SSSR count). The molecule has 1 saturated heterocycles. The molecule has 0 bridgehead atoms. The lowest BCUT2D eigenvalue weighted by molar-refractivity contribution is 0.122. The van der Waals surface area contributed by atoms with Gasteiger partial charge in [-0.2, -0.15) is 5.10 Å². The number of nitrogens with zero attached hydrogens (tertiary/aromatic N) is 3. The lowest BCUT2D eigenvalue weighted by Gasteiger charge is -2.39. The molecule has 0 aromatic carbocycles. The van der Waals surface area contributed by atoms with Crippen LogP contribution in [0.2, 0.25) is 0 Å². The highest BCUT2D eigenvalue weighted by molar-refractivity contribution is 5.09. The smallest absolute Gasteiger partial charge is 0.0597 e. The molecular weight excluding hydrogens is 224 g/mol. The highest BCUT2D eigenvalue weighted by Crippen LogP contribution is 2.34. The Labute approximate surface area is 109 Å². The number of rotatable bonds is 3. The molecule has 1 saturated carbocycles. The van der Waals surface area contributed by atoms with Gasteiger partial charge in [0, 0.05) is 38.8 Å². The van der Waals surface area contributed by atoms with Crippen molar-refractivity contribution in [3.63, 3.8) is 0 Å². The zero-order valence-electron chi connectivity index (χ0n) is 11.7. The summed E-state index contributed by atoms with van der Waals surface area (Å²) in [5.74, 6) is 0.938. The normalized spacial score (nSPS) is 29.7. The second-order valence-electron chi connectivity index (χ2n) is 6.03. The minimum atomic E-state index is 0.621. The third kappa shape index (κ3) is 2.45. The second kappa shape index (κ2) is 4.67. The van der Waals surface area contributed by atoms with Gasteiger partial charge in [-0.1, -0.05) is 0 Å². The van der Waals surface area contributed by atoms with Gasteiger partial charge in [-0.15, -0.1) is 0 Å². The van der Waals surface area contributed by atoms with Gasteiger partial charge >= 0.3 is 0 Å². The first-order chi connectivity index (χ1) is 8.63. The van der Waals surface area contributed by atoms with Crippen molar-refractivity contribution in [2.75, 3.05) is 13.1 Å². The Kier molecular flexibility index (Phi) is 3.16. The molecule has 1 aromatic rings. The summed E-state index contributed by atoms with van der Waals surface area (Å²) in [7, 11) is 2.05. The Morgan fingerprint density at radius 3 is 2.83 bits per heavy atom. The Morgan fingerprint density at radius 2 is 2.22 bits per heavy atom. The van der Waals surface area contributed by atoms with Crippen LogP contribution in [0.1, 0.15) is 31.2 Å². The van der Waals surface area contributed by atoms with Gasteiger partial charge in [-0.05, 0) is 38.7 Å². The lowest BCUT2D eigenvalue weighted by Crippen LogP contribution is -2.55. The maximum atomic E-state index is 4.44. The standard InChI is InChI=1S/C14H24N4/c1-10-6-13(17(3)16-10)8-18-9-14(12-4-5-12)15-7-11(18)2/h6,11-12,14-15H,4-5,7-9H2,1-3H3. The van der Waals surface area contributed by atoms with E-state index in [0.29, 0.717) is 6.04 Å². The van der Waals surface area contributed by atoms with Crippen LogP contribution in [0.15, 0.2) is 6.07 Å². The van der Waals surface area contributed by atoms with Crippen molar-refractivity contribution in [2.45, 2.75) is 45.3 Å². The van der Waals surface area contributed by atoms with Gasteiger partial charge in [-0.3, -0.25) is 9.58 Å². The van der Waals surface area contributed by atoms with E-state index in [-0.39, 0.29) is 0 Å². The molecule has 100 valence electrons. The number of aryl methyl sites for hydroxylation is 2. The summed E-state index contributed by atoms with van der Waals surface area (Å²) in [6.07, 6.45) is 2.84. The van der Waals surface area contributed by atoms with E-state index in [2.05, 4.69) is 35.2 Å². The molecule has 4 heteroatoms. The Hall–Kier alpha value is -0.870. The third-order valence-electron chi connectivity index (χ3n) is 4.39. The van der Waals surface area contributed by atoms with Crippen molar-refractivity contribution in [3.05, 3.63) is 17.5 Å². The number of nitrogens with one attached hydrogen (secondary N) is 1. The summed E-state index contributed by atoms with van der Waals surface area (Å²) in [5.41, 5.74) is 2.45. The van der Waals surface area contributed by atoms with Crippen molar-refractivity contribution in [1.82, 2.24) is 20.0 Å². The minimum absolute atomic E-state index is 0.621. The molecule has 2 fully saturated rings. The van der Waals surface area contributed by atoms with Crippen LogP contribution in [0.25, 0.3) is 0 Å². The fraction of sp³-hybridized carbons (Fsp3) is 0.786. The molecule has 1 N–H and O–H groups in total. The fourth-order valence-corrected chi connectivity index (χ4v) is 3.00. The number of aromatic nitrogens is 2. The van der Waals surface area contributed by atoms with Crippen LogP contribution in [0.4, 0.5) is 0 Å². The molecule has 18 heavy (non-hydrogen) atoms. The first kappa shape index (κ1) is 12.2. The SMILES string of the molecule is Cc1cc(CN2CC(C3CC3)NCC2C)n(C)n1. The predicted octanol–water partition coefficient (Wildman–Crippen LogP) is 1.30. The molecule has 2 unspecified atom stereocenters. The minimum Gasteiger partial charge on any atom is -0.311 e. The summed E-state index contributed by atoms with van der Waals surface area (Å²) in [6.45, 7) is 7.73. The van der Waals surface area contributed by atoms with Crippen molar-refractivity contribution in [1.29, 1.82) is 0 Å². The fourth-order valence-electron chi connectivity index (χ4n) is 3.00. The largest absolute Gasteiger partial charge is 0.311 e. The van der Waals surface area contributed by atoms with Crippen molar-refractivity contribution in [2.24, 2.45) is 13.0 Å². The zero-order valence-corrected chi connectivity index (χ0v) is 11.7. The summed E-state index contributed by atoms with van der Waals surface area (Å²) in [4.78, 5) is 2.61. The molecule has 2 aliphatic rings. The monoisotopic (exact) mass is 248 g/mol. The number of piperazine rings is 1. The third-order valence-corrected chi connectivity index (χ3v) is 4.39. The van der Waals surface area contributed by atoms with Crippen LogP contribution in [-0.4, -0.2) is 39.9 Å². The van der Waals surface area contributed by atoms with Gasteiger partial charge < -0.3 is 5.32 Å². The highest BCUT2D eigenvalue weighted by Gasteiger charge is 2.36. The summed E-state index contributed by atoms with van der Waals surface area (Å²) >= 11 is 0. The maximum Gasteiger partial charge on any atom is 0.0597 e. The van der Waals surface area contributed by atoms with Crippen LogP contribution < -0.4 is 5.32 Å². The second-order valence-corrected chi connectivity index (χ2v) is 6.03. The maximum absolute atomic E-state index is 4.44. The number of hydrogen-bond donors (Lipinski definition) is 1. The summed E-state index contributed by atoms with van der Waals surface area (Å²) < 4.78 is 2.02. The van der Waals surface area contributed by atoms with Gasteiger partial charge in [-0.25, -0.2) is 0 Å². The van der Waals surface area contributed by atoms with Gasteiger partial charge in [0.1, 0.15) is 0 Å². The topological polar surface area (TPSA) is 33.1 Å². The van der Waals surface area contributed by atoms with Crippen LogP contribution in [-0.2, 0) is 13.6 Å². The Morgan fingerprint density at radius 1 is 1.44 bits per heavy atom. The van der Waals surface area contributed by atoms with E-state index < -0.39 is 0 Å². The molecule has 0 spiro atoms. The Balaban J connectivity index is 1.67. The van der Waals surface area contributed by atoms with Gasteiger partial charge in [0.15, 0.2) is 0 Å². The summed E-state index contributed by atoms with van der Waals surface area (Å²) in [6, 6.07) is 3.55. The van der Waals surface area contributed by atoms with Gasteiger partial charge in [0.25, 0.3) is 0 Å². The van der Waals surface area contributed by atoms with Gasteiger partial charge in [0.2, 0.25) is 0 Å². The van der Waals surface area contributed by atoms with Crippen molar-refractivity contribution >= 4 is 0 Å². The van der Waals surface area contributed by atoms with Gasteiger partial charge in [0.05, 0.1) is 11.4 Å². The lowest BCUT2D eigenvalue weighted by atomic mass is 10.1. The van der Waals surface area contributed by atoms with E-state index in [0.717, 1.165) is 30.7 Å². The molecule has 4 nitrogen and oxygen atoms in total.